The van der Waals surface area contributed by atoms with Crippen LogP contribution in [0.1, 0.15) is 58.1 Å². The quantitative estimate of drug-likeness (QED) is 0.929. The molecule has 1 fully saturated rings. The number of sulfonamides is 1. The van der Waals surface area contributed by atoms with E-state index in [0.717, 1.165) is 31.2 Å². The van der Waals surface area contributed by atoms with Crippen LogP contribution in [-0.4, -0.2) is 24.8 Å². The fourth-order valence-electron chi connectivity index (χ4n) is 3.13. The van der Waals surface area contributed by atoms with Gasteiger partial charge in [0.2, 0.25) is 10.0 Å². The fourth-order valence-corrected chi connectivity index (χ4v) is 5.07. The van der Waals surface area contributed by atoms with Gasteiger partial charge in [0, 0.05) is 18.1 Å². The largest absolute Gasteiger partial charge is 0.324 e. The summed E-state index contributed by atoms with van der Waals surface area (Å²) in [5.41, 5.74) is 6.92. The Kier molecular flexibility index (Phi) is 5.07. The summed E-state index contributed by atoms with van der Waals surface area (Å²) in [5, 5.41) is 0. The molecule has 118 valence electrons. The minimum Gasteiger partial charge on any atom is -0.324 e. The first-order valence-electron chi connectivity index (χ1n) is 7.77. The summed E-state index contributed by atoms with van der Waals surface area (Å²) in [6.07, 6.45) is 3.74. The van der Waals surface area contributed by atoms with Gasteiger partial charge in [0.15, 0.2) is 0 Å². The van der Waals surface area contributed by atoms with E-state index >= 15 is 0 Å². The molecule has 1 aromatic rings. The van der Waals surface area contributed by atoms with E-state index in [4.69, 9.17) is 5.73 Å². The average Bonchev–Trinajstić information content (AvgIpc) is 2.46. The Morgan fingerprint density at radius 1 is 1.29 bits per heavy atom. The zero-order valence-electron chi connectivity index (χ0n) is 13.1. The van der Waals surface area contributed by atoms with Gasteiger partial charge < -0.3 is 5.73 Å². The second-order valence-electron chi connectivity index (χ2n) is 6.05. The van der Waals surface area contributed by atoms with Crippen molar-refractivity contribution in [3.05, 3.63) is 29.8 Å². The molecule has 21 heavy (non-hydrogen) atoms. The third-order valence-corrected chi connectivity index (χ3v) is 6.54. The molecule has 1 aliphatic heterocycles. The molecule has 1 aliphatic rings. The maximum atomic E-state index is 13.0. The Morgan fingerprint density at radius 3 is 2.48 bits per heavy atom. The molecule has 3 unspecified atom stereocenters. The normalized spacial score (nSPS) is 25.7. The van der Waals surface area contributed by atoms with Gasteiger partial charge in [-0.2, -0.15) is 4.31 Å². The molecule has 5 heteroatoms. The predicted octanol–water partition coefficient (Wildman–Crippen LogP) is 3.05. The zero-order valence-corrected chi connectivity index (χ0v) is 13.9. The van der Waals surface area contributed by atoms with Crippen LogP contribution in [0, 0.1) is 0 Å². The van der Waals surface area contributed by atoms with E-state index in [2.05, 4.69) is 0 Å². The molecule has 3 atom stereocenters. The number of piperidine rings is 1. The van der Waals surface area contributed by atoms with E-state index in [9.17, 15) is 8.42 Å². The van der Waals surface area contributed by atoms with Crippen molar-refractivity contribution in [1.82, 2.24) is 4.31 Å². The van der Waals surface area contributed by atoms with Crippen molar-refractivity contribution in [2.45, 2.75) is 69.5 Å². The maximum Gasteiger partial charge on any atom is 0.243 e. The van der Waals surface area contributed by atoms with Gasteiger partial charge in [-0.25, -0.2) is 8.42 Å². The summed E-state index contributed by atoms with van der Waals surface area (Å²) >= 11 is 0. The Morgan fingerprint density at radius 2 is 1.90 bits per heavy atom. The van der Waals surface area contributed by atoms with Crippen LogP contribution < -0.4 is 5.73 Å². The molecular formula is C16H26N2O2S. The van der Waals surface area contributed by atoms with E-state index in [0.29, 0.717) is 4.90 Å². The number of hydrogen-bond acceptors (Lipinski definition) is 3. The van der Waals surface area contributed by atoms with Gasteiger partial charge in [-0.1, -0.05) is 25.5 Å². The lowest BCUT2D eigenvalue weighted by molar-refractivity contribution is 0.204. The number of rotatable bonds is 4. The monoisotopic (exact) mass is 310 g/mol. The highest BCUT2D eigenvalue weighted by Gasteiger charge is 2.35. The molecule has 4 nitrogen and oxygen atoms in total. The van der Waals surface area contributed by atoms with Crippen molar-refractivity contribution in [1.29, 1.82) is 0 Å². The number of hydrogen-bond donors (Lipinski definition) is 1. The van der Waals surface area contributed by atoms with Crippen LogP contribution in [0.3, 0.4) is 0 Å². The highest BCUT2D eigenvalue weighted by atomic mass is 32.2. The first kappa shape index (κ1) is 16.5. The van der Waals surface area contributed by atoms with Gasteiger partial charge in [-0.3, -0.25) is 0 Å². The second kappa shape index (κ2) is 6.46. The minimum atomic E-state index is -3.45. The summed E-state index contributed by atoms with van der Waals surface area (Å²) in [6, 6.07) is 7.10. The molecule has 1 aromatic carbocycles. The van der Waals surface area contributed by atoms with Crippen LogP contribution in [-0.2, 0) is 10.0 Å². The highest BCUT2D eigenvalue weighted by Crippen LogP contribution is 2.30. The van der Waals surface area contributed by atoms with Gasteiger partial charge in [0.05, 0.1) is 4.90 Å². The molecule has 2 rings (SSSR count). The van der Waals surface area contributed by atoms with Crippen LogP contribution in [0.5, 0.6) is 0 Å². The summed E-state index contributed by atoms with van der Waals surface area (Å²) in [4.78, 5) is 0.365. The Bertz CT molecular complexity index is 576. The van der Waals surface area contributed by atoms with Crippen LogP contribution in [0.2, 0.25) is 0 Å². The van der Waals surface area contributed by atoms with Crippen LogP contribution >= 0.6 is 0 Å². The molecule has 1 heterocycles. The predicted molar refractivity (Wildman–Crippen MR) is 85.5 cm³/mol. The maximum absolute atomic E-state index is 13.0. The SMILES string of the molecule is CCC(N)c1cccc(S(=O)(=O)N2C(C)CCCC2C)c1. The molecule has 0 spiro atoms. The first-order chi connectivity index (χ1) is 9.87. The highest BCUT2D eigenvalue weighted by molar-refractivity contribution is 7.89. The van der Waals surface area contributed by atoms with E-state index < -0.39 is 10.0 Å². The topological polar surface area (TPSA) is 63.4 Å². The van der Waals surface area contributed by atoms with Crippen LogP contribution in [0.4, 0.5) is 0 Å². The number of benzene rings is 1. The second-order valence-corrected chi connectivity index (χ2v) is 7.89. The van der Waals surface area contributed by atoms with Gasteiger partial charge in [0.1, 0.15) is 0 Å². The van der Waals surface area contributed by atoms with Gasteiger partial charge in [-0.05, 0) is 50.8 Å². The molecule has 0 aromatic heterocycles. The van der Waals surface area contributed by atoms with Crippen molar-refractivity contribution in [3.8, 4) is 0 Å². The standard InChI is InChI=1S/C16H26N2O2S/c1-4-16(17)14-9-6-10-15(11-14)21(19,20)18-12(2)7-5-8-13(18)3/h6,9-13,16H,4-5,7-8,17H2,1-3H3. The summed E-state index contributed by atoms with van der Waals surface area (Å²) in [5.74, 6) is 0. The molecule has 0 amide bonds. The van der Waals surface area contributed by atoms with Crippen molar-refractivity contribution in [2.24, 2.45) is 5.73 Å². The van der Waals surface area contributed by atoms with Crippen molar-refractivity contribution < 1.29 is 8.42 Å². The average molecular weight is 310 g/mol. The van der Waals surface area contributed by atoms with Crippen molar-refractivity contribution in [3.63, 3.8) is 0 Å². The smallest absolute Gasteiger partial charge is 0.243 e. The lowest BCUT2D eigenvalue weighted by Gasteiger charge is -2.37. The van der Waals surface area contributed by atoms with Gasteiger partial charge in [-0.15, -0.1) is 0 Å². The zero-order chi connectivity index (χ0) is 15.6. The number of nitrogens with two attached hydrogens (primary N) is 1. The van der Waals surface area contributed by atoms with E-state index in [-0.39, 0.29) is 18.1 Å². The van der Waals surface area contributed by atoms with Gasteiger partial charge in [0.25, 0.3) is 0 Å². The fraction of sp³-hybridized carbons (Fsp3) is 0.625. The summed E-state index contributed by atoms with van der Waals surface area (Å²) in [6.45, 7) is 5.99. The molecule has 0 saturated carbocycles. The Hall–Kier alpha value is -0.910. The summed E-state index contributed by atoms with van der Waals surface area (Å²) < 4.78 is 27.6. The Labute approximate surface area is 128 Å². The van der Waals surface area contributed by atoms with Gasteiger partial charge >= 0.3 is 0 Å². The lowest BCUT2D eigenvalue weighted by Crippen LogP contribution is -2.47. The molecule has 2 N–H and O–H groups in total. The number of nitrogens with zero attached hydrogens (tertiary/aromatic N) is 1. The lowest BCUT2D eigenvalue weighted by atomic mass is 10.0. The molecule has 1 saturated heterocycles. The first-order valence-corrected chi connectivity index (χ1v) is 9.21. The van der Waals surface area contributed by atoms with Crippen molar-refractivity contribution in [2.75, 3.05) is 0 Å². The van der Waals surface area contributed by atoms with E-state index in [1.54, 1.807) is 22.5 Å². The van der Waals surface area contributed by atoms with E-state index in [1.165, 1.54) is 0 Å². The minimum absolute atomic E-state index is 0.0576. The van der Waals surface area contributed by atoms with E-state index in [1.807, 2.05) is 26.8 Å². The Balaban J connectivity index is 2.39. The van der Waals surface area contributed by atoms with Crippen molar-refractivity contribution >= 4 is 10.0 Å². The molecule has 0 aliphatic carbocycles. The van der Waals surface area contributed by atoms with Crippen LogP contribution in [0.25, 0.3) is 0 Å². The summed E-state index contributed by atoms with van der Waals surface area (Å²) in [7, 11) is -3.45. The molecule has 0 radical (unpaired) electrons. The molecule has 0 bridgehead atoms. The van der Waals surface area contributed by atoms with Crippen LogP contribution in [0.15, 0.2) is 29.2 Å². The third-order valence-electron chi connectivity index (χ3n) is 4.41. The molecular weight excluding hydrogens is 284 g/mol. The third kappa shape index (κ3) is 3.30.